The Morgan fingerprint density at radius 1 is 1.26 bits per heavy atom. The molecule has 1 aromatic rings. The Kier molecular flexibility index (Phi) is 5.01. The second-order valence-corrected chi connectivity index (χ2v) is 6.14. The average molecular weight is 344 g/mol. The first-order valence-corrected chi connectivity index (χ1v) is 7.43. The highest BCUT2D eigenvalue weighted by atomic mass is 35.5. The number of carboxylic acid groups (broad SMARTS) is 1. The van der Waals surface area contributed by atoms with Crippen molar-refractivity contribution in [2.75, 3.05) is 13.2 Å². The summed E-state index contributed by atoms with van der Waals surface area (Å²) in [5.74, 6) is -1.29. The summed E-state index contributed by atoms with van der Waals surface area (Å²) in [7, 11) is 0. The van der Waals surface area contributed by atoms with Crippen LogP contribution in [-0.4, -0.2) is 40.5 Å². The molecule has 1 aliphatic heterocycles. The van der Waals surface area contributed by atoms with Crippen LogP contribution in [0.25, 0.3) is 0 Å². The molecule has 0 aromatic heterocycles. The highest BCUT2D eigenvalue weighted by molar-refractivity contribution is 6.31. The van der Waals surface area contributed by atoms with E-state index in [0.717, 1.165) is 6.42 Å². The number of rotatable bonds is 4. The van der Waals surface area contributed by atoms with Crippen LogP contribution >= 0.6 is 11.6 Å². The lowest BCUT2D eigenvalue weighted by Crippen LogP contribution is -2.43. The van der Waals surface area contributed by atoms with E-state index >= 15 is 0 Å². The third-order valence-electron chi connectivity index (χ3n) is 3.54. The number of carbonyl (C=O) groups is 2. The van der Waals surface area contributed by atoms with E-state index in [4.69, 9.17) is 26.2 Å². The van der Waals surface area contributed by atoms with Crippen LogP contribution in [0.3, 0.4) is 0 Å². The van der Waals surface area contributed by atoms with Gasteiger partial charge in [-0.05, 0) is 25.5 Å². The number of carbonyl (C=O) groups excluding carboxylic acids is 1. The monoisotopic (exact) mass is 343 g/mol. The van der Waals surface area contributed by atoms with Gasteiger partial charge in [-0.15, -0.1) is 0 Å². The van der Waals surface area contributed by atoms with Crippen LogP contribution in [0.15, 0.2) is 12.1 Å². The molecule has 8 heteroatoms. The van der Waals surface area contributed by atoms with Crippen LogP contribution in [-0.2, 0) is 16.1 Å². The van der Waals surface area contributed by atoms with Crippen LogP contribution in [0.5, 0.6) is 11.5 Å². The molecule has 7 nitrogen and oxygen atoms in total. The smallest absolute Gasteiger partial charge is 0.318 e. The zero-order valence-corrected chi connectivity index (χ0v) is 13.6. The van der Waals surface area contributed by atoms with E-state index in [2.05, 4.69) is 0 Å². The molecule has 1 amide bonds. The number of carboxylic acids is 1. The molecular formula is C15H18ClNO6. The standard InChI is InChI=1S/C15H18ClNO6/c1-15(2,14(19)20)13(18)17(21)8-9-6-11-12(7-10(9)16)23-5-3-4-22-11/h6-7,21H,3-5,8H2,1-2H3,(H,19,20). The second-order valence-electron chi connectivity index (χ2n) is 5.73. The van der Waals surface area contributed by atoms with Crippen molar-refractivity contribution < 1.29 is 29.4 Å². The van der Waals surface area contributed by atoms with Gasteiger partial charge >= 0.3 is 5.97 Å². The maximum atomic E-state index is 12.1. The average Bonchev–Trinajstić information content (AvgIpc) is 2.71. The summed E-state index contributed by atoms with van der Waals surface area (Å²) in [5.41, 5.74) is -1.32. The van der Waals surface area contributed by atoms with Gasteiger partial charge in [0.2, 0.25) is 0 Å². The van der Waals surface area contributed by atoms with Crippen LogP contribution < -0.4 is 9.47 Å². The van der Waals surface area contributed by atoms with Crippen molar-refractivity contribution in [3.63, 3.8) is 0 Å². The SMILES string of the molecule is CC(C)(C(=O)O)C(=O)N(O)Cc1cc2c(cc1Cl)OCCCO2. The van der Waals surface area contributed by atoms with E-state index in [9.17, 15) is 14.8 Å². The van der Waals surface area contributed by atoms with Crippen molar-refractivity contribution in [3.05, 3.63) is 22.7 Å². The summed E-state index contributed by atoms with van der Waals surface area (Å²) in [6, 6.07) is 3.13. The Hall–Kier alpha value is -1.99. The van der Waals surface area contributed by atoms with E-state index in [1.54, 1.807) is 12.1 Å². The zero-order chi connectivity index (χ0) is 17.2. The summed E-state index contributed by atoms with van der Waals surface area (Å²) in [6.07, 6.45) is 0.735. The Bertz CT molecular complexity index is 631. The minimum atomic E-state index is -1.74. The van der Waals surface area contributed by atoms with Crippen molar-refractivity contribution in [3.8, 4) is 11.5 Å². The van der Waals surface area contributed by atoms with Gasteiger partial charge in [0.1, 0.15) is 5.41 Å². The van der Waals surface area contributed by atoms with Crippen LogP contribution in [0, 0.1) is 5.41 Å². The van der Waals surface area contributed by atoms with Crippen LogP contribution in [0.1, 0.15) is 25.8 Å². The van der Waals surface area contributed by atoms with Crippen molar-refractivity contribution in [1.82, 2.24) is 5.06 Å². The van der Waals surface area contributed by atoms with E-state index in [1.807, 2.05) is 0 Å². The molecule has 1 heterocycles. The highest BCUT2D eigenvalue weighted by Gasteiger charge is 2.39. The first-order chi connectivity index (χ1) is 10.7. The summed E-state index contributed by atoms with van der Waals surface area (Å²) >= 11 is 6.14. The normalized spacial score (nSPS) is 14.1. The number of hydrogen-bond donors (Lipinski definition) is 2. The number of halogens is 1. The Balaban J connectivity index is 2.21. The Morgan fingerprint density at radius 3 is 2.39 bits per heavy atom. The zero-order valence-electron chi connectivity index (χ0n) is 12.8. The lowest BCUT2D eigenvalue weighted by molar-refractivity contribution is -0.183. The minimum Gasteiger partial charge on any atom is -0.490 e. The molecule has 0 unspecified atom stereocenters. The van der Waals surface area contributed by atoms with E-state index in [-0.39, 0.29) is 11.6 Å². The molecule has 0 fully saturated rings. The maximum absolute atomic E-state index is 12.1. The lowest BCUT2D eigenvalue weighted by Gasteiger charge is -2.24. The third-order valence-corrected chi connectivity index (χ3v) is 3.89. The molecule has 23 heavy (non-hydrogen) atoms. The number of hydroxylamine groups is 2. The summed E-state index contributed by atoms with van der Waals surface area (Å²) in [6.45, 7) is 3.18. The van der Waals surface area contributed by atoms with Gasteiger partial charge < -0.3 is 14.6 Å². The number of benzene rings is 1. The second kappa shape index (κ2) is 6.64. The molecule has 1 aliphatic rings. The molecular weight excluding hydrogens is 326 g/mol. The topological polar surface area (TPSA) is 96.3 Å². The van der Waals surface area contributed by atoms with Crippen molar-refractivity contribution in [2.24, 2.45) is 5.41 Å². The summed E-state index contributed by atoms with van der Waals surface area (Å²) in [4.78, 5) is 23.2. The molecule has 0 radical (unpaired) electrons. The number of fused-ring (bicyclic) bond motifs is 1. The first kappa shape index (κ1) is 17.4. The molecule has 126 valence electrons. The molecule has 2 N–H and O–H groups in total. The molecule has 0 spiro atoms. The largest absolute Gasteiger partial charge is 0.490 e. The lowest BCUT2D eigenvalue weighted by atomic mass is 9.92. The van der Waals surface area contributed by atoms with Gasteiger partial charge in [-0.25, -0.2) is 5.06 Å². The molecule has 1 aromatic carbocycles. The fourth-order valence-electron chi connectivity index (χ4n) is 1.99. The number of ether oxygens (including phenoxy) is 2. The molecule has 0 aliphatic carbocycles. The number of hydrogen-bond acceptors (Lipinski definition) is 5. The Morgan fingerprint density at radius 2 is 1.83 bits per heavy atom. The molecule has 0 saturated heterocycles. The van der Waals surface area contributed by atoms with Gasteiger partial charge in [0, 0.05) is 17.5 Å². The molecule has 2 rings (SSSR count). The molecule has 0 saturated carbocycles. The fourth-order valence-corrected chi connectivity index (χ4v) is 2.21. The van der Waals surface area contributed by atoms with Crippen LogP contribution in [0.4, 0.5) is 0 Å². The van der Waals surface area contributed by atoms with Gasteiger partial charge in [0.25, 0.3) is 5.91 Å². The van der Waals surface area contributed by atoms with Gasteiger partial charge in [0.15, 0.2) is 11.5 Å². The van der Waals surface area contributed by atoms with Crippen molar-refractivity contribution >= 4 is 23.5 Å². The van der Waals surface area contributed by atoms with Gasteiger partial charge in [-0.2, -0.15) is 0 Å². The minimum absolute atomic E-state index is 0.259. The van der Waals surface area contributed by atoms with Crippen molar-refractivity contribution in [1.29, 1.82) is 0 Å². The van der Waals surface area contributed by atoms with Gasteiger partial charge in [-0.3, -0.25) is 14.8 Å². The maximum Gasteiger partial charge on any atom is 0.318 e. The predicted octanol–water partition coefficient (Wildman–Crippen LogP) is 2.33. The van der Waals surface area contributed by atoms with Crippen molar-refractivity contribution in [2.45, 2.75) is 26.8 Å². The van der Waals surface area contributed by atoms with E-state index in [0.29, 0.717) is 35.3 Å². The molecule has 0 bridgehead atoms. The third kappa shape index (κ3) is 3.68. The highest BCUT2D eigenvalue weighted by Crippen LogP contribution is 2.35. The number of amides is 1. The van der Waals surface area contributed by atoms with Gasteiger partial charge in [-0.1, -0.05) is 11.6 Å². The number of nitrogens with zero attached hydrogens (tertiary/aromatic N) is 1. The van der Waals surface area contributed by atoms with Gasteiger partial charge in [0.05, 0.1) is 19.8 Å². The summed E-state index contributed by atoms with van der Waals surface area (Å²) in [5, 5.41) is 19.6. The fraction of sp³-hybridized carbons (Fsp3) is 0.467. The van der Waals surface area contributed by atoms with Crippen LogP contribution in [0.2, 0.25) is 5.02 Å². The predicted molar refractivity (Wildman–Crippen MR) is 80.8 cm³/mol. The number of aliphatic carboxylic acids is 1. The Labute approximate surface area is 138 Å². The van der Waals surface area contributed by atoms with E-state index in [1.165, 1.54) is 13.8 Å². The summed E-state index contributed by atoms with van der Waals surface area (Å²) < 4.78 is 11.0. The quantitative estimate of drug-likeness (QED) is 0.495. The molecule has 0 atom stereocenters. The van der Waals surface area contributed by atoms with E-state index < -0.39 is 17.3 Å². The first-order valence-electron chi connectivity index (χ1n) is 7.05.